The molecular weight excluding hydrogens is 305 g/mol. The minimum absolute atomic E-state index is 0.0854. The van der Waals surface area contributed by atoms with E-state index >= 15 is 0 Å². The van der Waals surface area contributed by atoms with Gasteiger partial charge in [0.05, 0.1) is 5.97 Å². The van der Waals surface area contributed by atoms with Gasteiger partial charge in [0.1, 0.15) is 5.75 Å². The number of hydrogen-bond donors (Lipinski definition) is 0. The molecule has 1 aliphatic heterocycles. The van der Waals surface area contributed by atoms with Crippen LogP contribution in [-0.2, 0) is 10.5 Å². The summed E-state index contributed by atoms with van der Waals surface area (Å²) in [6.07, 6.45) is -4.51. The van der Waals surface area contributed by atoms with Gasteiger partial charge in [0.25, 0.3) is 0 Å². The van der Waals surface area contributed by atoms with E-state index < -0.39 is 23.8 Å². The molecule has 0 saturated heterocycles. The van der Waals surface area contributed by atoms with E-state index in [2.05, 4.69) is 0 Å². The molecule has 0 aromatic heterocycles. The normalized spacial score (nSPS) is 17.8. The zero-order valence-corrected chi connectivity index (χ0v) is 12.1. The first kappa shape index (κ1) is 15.8. The van der Waals surface area contributed by atoms with E-state index in [0.29, 0.717) is 16.9 Å². The lowest BCUT2D eigenvalue weighted by atomic mass is 9.97. The molecule has 1 aromatic rings. The molecule has 1 heterocycles. The first-order valence-corrected chi connectivity index (χ1v) is 7.42. The highest BCUT2D eigenvalue weighted by molar-refractivity contribution is 7.97. The van der Waals surface area contributed by atoms with Crippen LogP contribution in [0.3, 0.4) is 0 Å². The molecule has 0 aliphatic carbocycles. The lowest BCUT2D eigenvalue weighted by Crippen LogP contribution is -2.44. The Morgan fingerprint density at radius 3 is 2.62 bits per heavy atom. The molecule has 0 spiro atoms. The van der Waals surface area contributed by atoms with Crippen molar-refractivity contribution in [2.75, 3.05) is 6.26 Å². The molecule has 21 heavy (non-hydrogen) atoms. The van der Waals surface area contributed by atoms with Gasteiger partial charge in [-0.25, -0.2) is 0 Å². The topological polar surface area (TPSA) is 49.4 Å². The Labute approximate surface area is 123 Å². The van der Waals surface area contributed by atoms with E-state index in [1.165, 1.54) is 11.8 Å². The lowest BCUT2D eigenvalue weighted by Gasteiger charge is -2.30. The number of fused-ring (bicyclic) bond motifs is 1. The predicted octanol–water partition coefficient (Wildman–Crippen LogP) is 2.31. The molecule has 2 rings (SSSR count). The number of halogens is 3. The minimum Gasteiger partial charge on any atom is -0.545 e. The maximum absolute atomic E-state index is 13.0. The van der Waals surface area contributed by atoms with Gasteiger partial charge in [-0.2, -0.15) is 24.9 Å². The van der Waals surface area contributed by atoms with Gasteiger partial charge in [0.15, 0.2) is 0 Å². The van der Waals surface area contributed by atoms with Crippen molar-refractivity contribution in [1.29, 1.82) is 0 Å². The number of carboxylic acids is 1. The number of carbonyl (C=O) groups is 1. The summed E-state index contributed by atoms with van der Waals surface area (Å²) in [5.74, 6) is -1.32. The summed E-state index contributed by atoms with van der Waals surface area (Å²) in [5.41, 5.74) is 0.857. The summed E-state index contributed by atoms with van der Waals surface area (Å²) in [7, 11) is 0. The second-order valence-corrected chi connectivity index (χ2v) is 5.57. The number of thioether (sulfide) groups is 1. The van der Waals surface area contributed by atoms with E-state index in [1.807, 2.05) is 6.26 Å². The van der Waals surface area contributed by atoms with Crippen molar-refractivity contribution in [3.05, 3.63) is 34.4 Å². The maximum atomic E-state index is 13.0. The van der Waals surface area contributed by atoms with Crippen LogP contribution in [0.1, 0.15) is 16.7 Å². The van der Waals surface area contributed by atoms with Crippen LogP contribution < -0.4 is 9.84 Å². The van der Waals surface area contributed by atoms with Crippen LogP contribution in [0.2, 0.25) is 0 Å². The van der Waals surface area contributed by atoms with Gasteiger partial charge in [0.2, 0.25) is 6.10 Å². The highest BCUT2D eigenvalue weighted by Crippen LogP contribution is 2.40. The Balaban J connectivity index is 2.60. The van der Waals surface area contributed by atoms with Crippen LogP contribution in [0.5, 0.6) is 5.75 Å². The van der Waals surface area contributed by atoms with Crippen molar-refractivity contribution in [3.63, 3.8) is 0 Å². The second kappa shape index (κ2) is 5.63. The van der Waals surface area contributed by atoms with Crippen LogP contribution in [0, 0.1) is 6.92 Å². The van der Waals surface area contributed by atoms with Crippen molar-refractivity contribution in [3.8, 4) is 5.75 Å². The number of aryl methyl sites for hydroxylation is 1. The molecular formula is C14H12F3O3S-. The van der Waals surface area contributed by atoms with Crippen LogP contribution in [0.15, 0.2) is 17.7 Å². The average molecular weight is 317 g/mol. The fraction of sp³-hybridized carbons (Fsp3) is 0.357. The summed E-state index contributed by atoms with van der Waals surface area (Å²) in [6.45, 7) is 1.78. The summed E-state index contributed by atoms with van der Waals surface area (Å²) in [4.78, 5) is 11.0. The largest absolute Gasteiger partial charge is 0.545 e. The molecule has 0 amide bonds. The van der Waals surface area contributed by atoms with Crippen molar-refractivity contribution >= 4 is 23.8 Å². The SMILES string of the molecule is CSCc1cc(C)cc2c1OC(C(F)(F)F)C(C(=O)[O-])=C2. The lowest BCUT2D eigenvalue weighted by molar-refractivity contribution is -0.302. The first-order chi connectivity index (χ1) is 9.74. The third-order valence-corrected chi connectivity index (χ3v) is 3.60. The fourth-order valence-electron chi connectivity index (χ4n) is 2.23. The van der Waals surface area contributed by atoms with Crippen LogP contribution in [0.4, 0.5) is 13.2 Å². The molecule has 3 nitrogen and oxygen atoms in total. The zero-order chi connectivity index (χ0) is 15.8. The van der Waals surface area contributed by atoms with Gasteiger partial charge >= 0.3 is 6.18 Å². The molecule has 0 fully saturated rings. The number of benzene rings is 1. The Bertz CT molecular complexity index is 608. The van der Waals surface area contributed by atoms with Crippen LogP contribution >= 0.6 is 11.8 Å². The monoisotopic (exact) mass is 317 g/mol. The number of alkyl halides is 3. The summed E-state index contributed by atoms with van der Waals surface area (Å²) in [6, 6.07) is 3.33. The first-order valence-electron chi connectivity index (χ1n) is 6.02. The van der Waals surface area contributed by atoms with E-state index in [0.717, 1.165) is 11.6 Å². The molecule has 0 radical (unpaired) electrons. The molecule has 0 saturated carbocycles. The van der Waals surface area contributed by atoms with E-state index in [9.17, 15) is 23.1 Å². The molecule has 0 N–H and O–H groups in total. The zero-order valence-electron chi connectivity index (χ0n) is 11.3. The predicted molar refractivity (Wildman–Crippen MR) is 71.9 cm³/mol. The number of rotatable bonds is 3. The quantitative estimate of drug-likeness (QED) is 0.858. The standard InChI is InChI=1S/C14H13F3O3S/c1-7-3-8-5-10(13(18)19)12(14(15,16)17)20-11(8)9(4-7)6-21-2/h3-5,12H,6H2,1-2H3,(H,18,19)/p-1. The third kappa shape index (κ3) is 3.18. The Hall–Kier alpha value is -1.63. The summed E-state index contributed by atoms with van der Waals surface area (Å²) < 4.78 is 43.9. The van der Waals surface area contributed by atoms with Crippen LogP contribution in [-0.4, -0.2) is 24.5 Å². The second-order valence-electron chi connectivity index (χ2n) is 4.70. The van der Waals surface area contributed by atoms with Crippen molar-refractivity contribution in [2.45, 2.75) is 25.0 Å². The molecule has 1 aliphatic rings. The van der Waals surface area contributed by atoms with Crippen molar-refractivity contribution < 1.29 is 27.8 Å². The van der Waals surface area contributed by atoms with Gasteiger partial charge in [-0.05, 0) is 30.9 Å². The van der Waals surface area contributed by atoms with Gasteiger partial charge in [-0.1, -0.05) is 6.07 Å². The van der Waals surface area contributed by atoms with Gasteiger partial charge in [-0.3, -0.25) is 0 Å². The summed E-state index contributed by atoms with van der Waals surface area (Å²) in [5, 5.41) is 11.0. The van der Waals surface area contributed by atoms with Crippen molar-refractivity contribution in [2.24, 2.45) is 0 Å². The number of ether oxygens (including phenoxy) is 1. The molecule has 1 aromatic carbocycles. The Morgan fingerprint density at radius 1 is 1.43 bits per heavy atom. The molecule has 1 unspecified atom stereocenters. The molecule has 7 heteroatoms. The number of aliphatic carboxylic acids is 1. The minimum atomic E-state index is -4.81. The number of carbonyl (C=O) groups excluding carboxylic acids is 1. The summed E-state index contributed by atoms with van der Waals surface area (Å²) >= 11 is 1.44. The molecule has 114 valence electrons. The Morgan fingerprint density at radius 2 is 2.10 bits per heavy atom. The van der Waals surface area contributed by atoms with E-state index in [4.69, 9.17) is 4.74 Å². The molecule has 0 bridgehead atoms. The average Bonchev–Trinajstić information content (AvgIpc) is 2.36. The highest BCUT2D eigenvalue weighted by Gasteiger charge is 2.46. The number of hydrogen-bond acceptors (Lipinski definition) is 4. The van der Waals surface area contributed by atoms with Gasteiger partial charge in [0, 0.05) is 22.5 Å². The van der Waals surface area contributed by atoms with E-state index in [-0.39, 0.29) is 5.75 Å². The van der Waals surface area contributed by atoms with E-state index in [1.54, 1.807) is 19.1 Å². The highest BCUT2D eigenvalue weighted by atomic mass is 32.2. The number of carboxylic acid groups (broad SMARTS) is 1. The fourth-order valence-corrected chi connectivity index (χ4v) is 2.75. The molecule has 1 atom stereocenters. The van der Waals surface area contributed by atoms with Gasteiger partial charge < -0.3 is 14.6 Å². The smallest absolute Gasteiger partial charge is 0.429 e. The van der Waals surface area contributed by atoms with Crippen LogP contribution in [0.25, 0.3) is 6.08 Å². The van der Waals surface area contributed by atoms with Gasteiger partial charge in [-0.15, -0.1) is 0 Å². The maximum Gasteiger partial charge on any atom is 0.429 e. The Kier molecular flexibility index (Phi) is 4.22. The van der Waals surface area contributed by atoms with Crippen molar-refractivity contribution in [1.82, 2.24) is 0 Å². The third-order valence-electron chi connectivity index (χ3n) is 3.00.